The summed E-state index contributed by atoms with van der Waals surface area (Å²) in [5.41, 5.74) is 1.81. The van der Waals surface area contributed by atoms with E-state index in [1.165, 1.54) is 0 Å². The molecule has 1 atom stereocenters. The number of nitrogens with zero attached hydrogens (tertiary/aromatic N) is 2. The first-order valence-electron chi connectivity index (χ1n) is 10.8. The van der Waals surface area contributed by atoms with Gasteiger partial charge < -0.3 is 24.5 Å². The number of methoxy groups -OCH3 is 1. The van der Waals surface area contributed by atoms with Gasteiger partial charge in [0.2, 0.25) is 5.91 Å². The monoisotopic (exact) mass is 445 g/mol. The molecule has 2 heterocycles. The van der Waals surface area contributed by atoms with Crippen LogP contribution in [0.1, 0.15) is 30.5 Å². The number of nitrogens with one attached hydrogen (secondary N) is 1. The minimum absolute atomic E-state index is 0.0846. The van der Waals surface area contributed by atoms with Gasteiger partial charge in [-0.15, -0.1) is 0 Å². The van der Waals surface area contributed by atoms with Gasteiger partial charge in [-0.25, -0.2) is 4.98 Å². The normalized spacial score (nSPS) is 11.8. The molecule has 0 radical (unpaired) electrons. The van der Waals surface area contributed by atoms with E-state index in [0.717, 1.165) is 21.9 Å². The largest absolute Gasteiger partial charge is 0.494 e. The minimum atomic E-state index is -0.480. The third-order valence-electron chi connectivity index (χ3n) is 5.49. The van der Waals surface area contributed by atoms with Gasteiger partial charge in [0.05, 0.1) is 26.2 Å². The lowest BCUT2D eigenvalue weighted by molar-refractivity contribution is -0.116. The Labute approximate surface area is 192 Å². The van der Waals surface area contributed by atoms with Crippen molar-refractivity contribution in [3.63, 3.8) is 0 Å². The van der Waals surface area contributed by atoms with Gasteiger partial charge in [0.1, 0.15) is 5.82 Å². The first-order valence-corrected chi connectivity index (χ1v) is 10.8. The van der Waals surface area contributed by atoms with E-state index >= 15 is 0 Å². The number of anilines is 1. The van der Waals surface area contributed by atoms with E-state index in [9.17, 15) is 9.90 Å². The summed E-state index contributed by atoms with van der Waals surface area (Å²) in [6.45, 7) is 4.35. The number of carbonyl (C=O) groups is 1. The standard InChI is InChI=1S/C26H27N3O4/c1-4-33-22-10-9-18(14-23(22)32-3)21(15-25(30)28-24-13-17(2)11-12-27-24)29-16-19-7-5-6-8-20(19)26(29)31/h5-14,16,21,31H,4,15H2,1-3H3,(H,27,28,30). The van der Waals surface area contributed by atoms with Crippen LogP contribution in [0.15, 0.2) is 67.0 Å². The molecule has 170 valence electrons. The lowest BCUT2D eigenvalue weighted by atomic mass is 10.0. The fraction of sp³-hybridized carbons (Fsp3) is 0.231. The van der Waals surface area contributed by atoms with Gasteiger partial charge in [0, 0.05) is 23.2 Å². The van der Waals surface area contributed by atoms with Crippen LogP contribution in [0.2, 0.25) is 0 Å². The molecule has 33 heavy (non-hydrogen) atoms. The van der Waals surface area contributed by atoms with Gasteiger partial charge >= 0.3 is 0 Å². The first kappa shape index (κ1) is 22.2. The predicted octanol–water partition coefficient (Wildman–Crippen LogP) is 5.08. The molecule has 7 heteroatoms. The molecule has 0 spiro atoms. The number of pyridine rings is 1. The molecule has 4 rings (SSSR count). The molecule has 2 aromatic carbocycles. The van der Waals surface area contributed by atoms with Crippen LogP contribution in [0.5, 0.6) is 17.4 Å². The highest BCUT2D eigenvalue weighted by molar-refractivity contribution is 5.91. The van der Waals surface area contributed by atoms with Crippen molar-refractivity contribution >= 4 is 22.5 Å². The molecular formula is C26H27N3O4. The Morgan fingerprint density at radius 1 is 1.15 bits per heavy atom. The second kappa shape index (κ2) is 9.65. The number of aromatic hydroxyl groups is 1. The Morgan fingerprint density at radius 3 is 2.70 bits per heavy atom. The summed E-state index contributed by atoms with van der Waals surface area (Å²) in [7, 11) is 1.58. The maximum Gasteiger partial charge on any atom is 0.227 e. The van der Waals surface area contributed by atoms with Crippen molar-refractivity contribution in [2.75, 3.05) is 19.0 Å². The van der Waals surface area contributed by atoms with Gasteiger partial charge in [-0.2, -0.15) is 0 Å². The molecule has 0 saturated carbocycles. The van der Waals surface area contributed by atoms with E-state index < -0.39 is 6.04 Å². The average Bonchev–Trinajstić information content (AvgIpc) is 3.14. The number of aryl methyl sites for hydroxylation is 1. The summed E-state index contributed by atoms with van der Waals surface area (Å²) in [6.07, 6.45) is 3.60. The fourth-order valence-electron chi connectivity index (χ4n) is 3.92. The maximum atomic E-state index is 13.0. The molecule has 0 aliphatic rings. The zero-order valence-corrected chi connectivity index (χ0v) is 18.9. The Hall–Kier alpha value is -4.00. The first-order chi connectivity index (χ1) is 16.0. The number of benzene rings is 2. The SMILES string of the molecule is CCOc1ccc(C(CC(=O)Nc2cc(C)ccn2)n2cc3ccccc3c2O)cc1OC. The second-order valence-corrected chi connectivity index (χ2v) is 7.78. The average molecular weight is 446 g/mol. The van der Waals surface area contributed by atoms with E-state index in [0.29, 0.717) is 23.9 Å². The number of rotatable bonds is 8. The minimum Gasteiger partial charge on any atom is -0.494 e. The third-order valence-corrected chi connectivity index (χ3v) is 5.49. The maximum absolute atomic E-state index is 13.0. The lowest BCUT2D eigenvalue weighted by Crippen LogP contribution is -2.20. The van der Waals surface area contributed by atoms with Crippen LogP contribution in [-0.2, 0) is 4.79 Å². The van der Waals surface area contributed by atoms with Gasteiger partial charge in [0.25, 0.3) is 0 Å². The quantitative estimate of drug-likeness (QED) is 0.395. The molecule has 2 aromatic heterocycles. The molecule has 2 N–H and O–H groups in total. The summed E-state index contributed by atoms with van der Waals surface area (Å²) >= 11 is 0. The molecule has 4 aromatic rings. The zero-order chi connectivity index (χ0) is 23.4. The number of ether oxygens (including phenoxy) is 2. The van der Waals surface area contributed by atoms with Crippen LogP contribution >= 0.6 is 0 Å². The Kier molecular flexibility index (Phi) is 6.49. The van der Waals surface area contributed by atoms with Gasteiger partial charge in [-0.05, 0) is 55.3 Å². The van der Waals surface area contributed by atoms with Crippen molar-refractivity contribution in [2.45, 2.75) is 26.3 Å². The molecular weight excluding hydrogens is 418 g/mol. The van der Waals surface area contributed by atoms with Crippen molar-refractivity contribution in [3.05, 3.63) is 78.1 Å². The van der Waals surface area contributed by atoms with E-state index in [1.807, 2.05) is 74.6 Å². The Bertz CT molecular complexity index is 1280. The van der Waals surface area contributed by atoms with E-state index in [-0.39, 0.29) is 18.2 Å². The van der Waals surface area contributed by atoms with Crippen molar-refractivity contribution in [1.29, 1.82) is 0 Å². The van der Waals surface area contributed by atoms with E-state index in [2.05, 4.69) is 10.3 Å². The zero-order valence-electron chi connectivity index (χ0n) is 18.9. The molecule has 1 unspecified atom stereocenters. The number of amides is 1. The number of carbonyl (C=O) groups excluding carboxylic acids is 1. The van der Waals surface area contributed by atoms with Gasteiger partial charge in [-0.1, -0.05) is 24.3 Å². The molecule has 0 saturated heterocycles. The van der Waals surface area contributed by atoms with Crippen molar-refractivity contribution in [2.24, 2.45) is 0 Å². The highest BCUT2D eigenvalue weighted by Gasteiger charge is 2.23. The second-order valence-electron chi connectivity index (χ2n) is 7.78. The molecule has 0 fully saturated rings. The predicted molar refractivity (Wildman–Crippen MR) is 128 cm³/mol. The summed E-state index contributed by atoms with van der Waals surface area (Å²) in [5, 5.41) is 15.5. The summed E-state index contributed by atoms with van der Waals surface area (Å²) < 4.78 is 12.9. The van der Waals surface area contributed by atoms with Gasteiger partial charge in [0.15, 0.2) is 17.4 Å². The number of fused-ring (bicyclic) bond motifs is 1. The Balaban J connectivity index is 1.73. The van der Waals surface area contributed by atoms with Crippen molar-refractivity contribution < 1.29 is 19.4 Å². The number of hydrogen-bond donors (Lipinski definition) is 2. The fourth-order valence-corrected chi connectivity index (χ4v) is 3.92. The van der Waals surface area contributed by atoms with Crippen molar-refractivity contribution in [1.82, 2.24) is 9.55 Å². The van der Waals surface area contributed by atoms with Gasteiger partial charge in [-0.3, -0.25) is 4.79 Å². The lowest BCUT2D eigenvalue weighted by Gasteiger charge is -2.21. The van der Waals surface area contributed by atoms with Crippen LogP contribution in [0.25, 0.3) is 10.8 Å². The molecule has 0 aliphatic heterocycles. The highest BCUT2D eigenvalue weighted by Crippen LogP contribution is 2.37. The van der Waals surface area contributed by atoms with Crippen LogP contribution in [0.3, 0.4) is 0 Å². The molecule has 1 amide bonds. The van der Waals surface area contributed by atoms with Crippen LogP contribution in [0.4, 0.5) is 5.82 Å². The summed E-state index contributed by atoms with van der Waals surface area (Å²) in [4.78, 5) is 17.2. The highest BCUT2D eigenvalue weighted by atomic mass is 16.5. The molecule has 7 nitrogen and oxygen atoms in total. The topological polar surface area (TPSA) is 85.6 Å². The smallest absolute Gasteiger partial charge is 0.227 e. The van der Waals surface area contributed by atoms with E-state index in [4.69, 9.17) is 9.47 Å². The molecule has 0 bridgehead atoms. The Morgan fingerprint density at radius 2 is 1.97 bits per heavy atom. The van der Waals surface area contributed by atoms with Crippen LogP contribution in [-0.4, -0.2) is 34.3 Å². The van der Waals surface area contributed by atoms with Crippen LogP contribution < -0.4 is 14.8 Å². The number of aromatic nitrogens is 2. The van der Waals surface area contributed by atoms with E-state index in [1.54, 1.807) is 17.9 Å². The third kappa shape index (κ3) is 4.77. The molecule has 0 aliphatic carbocycles. The number of hydrogen-bond acceptors (Lipinski definition) is 5. The summed E-state index contributed by atoms with van der Waals surface area (Å²) in [5.74, 6) is 1.56. The summed E-state index contributed by atoms with van der Waals surface area (Å²) in [6, 6.07) is 16.3. The van der Waals surface area contributed by atoms with Crippen LogP contribution in [0, 0.1) is 6.92 Å². The van der Waals surface area contributed by atoms with Crippen molar-refractivity contribution in [3.8, 4) is 17.4 Å².